The number of ether oxygens (including phenoxy) is 1. The number of thioether (sulfide) groups is 1. The van der Waals surface area contributed by atoms with Gasteiger partial charge in [-0.3, -0.25) is 0 Å². The highest BCUT2D eigenvalue weighted by atomic mass is 32.2. The predicted molar refractivity (Wildman–Crippen MR) is 110 cm³/mol. The van der Waals surface area contributed by atoms with Crippen LogP contribution in [0.2, 0.25) is 0 Å². The van der Waals surface area contributed by atoms with E-state index in [0.717, 1.165) is 34.6 Å². The monoisotopic (exact) mass is 393 g/mol. The molecule has 0 aliphatic heterocycles. The van der Waals surface area contributed by atoms with Crippen LogP contribution in [0, 0.1) is 0 Å². The summed E-state index contributed by atoms with van der Waals surface area (Å²) in [7, 11) is 1.63. The number of methoxy groups -OCH3 is 1. The van der Waals surface area contributed by atoms with Gasteiger partial charge in [0, 0.05) is 17.5 Å². The van der Waals surface area contributed by atoms with Crippen molar-refractivity contribution >= 4 is 28.5 Å². The van der Waals surface area contributed by atoms with E-state index in [4.69, 9.17) is 9.26 Å². The number of nitrogens with one attached hydrogen (secondary N) is 1. The Labute approximate surface area is 166 Å². The highest BCUT2D eigenvalue weighted by Gasteiger charge is 2.12. The van der Waals surface area contributed by atoms with Crippen molar-refractivity contribution in [3.63, 3.8) is 0 Å². The smallest absolute Gasteiger partial charge is 0.237 e. The Kier molecular flexibility index (Phi) is 5.38. The Morgan fingerprint density at radius 2 is 1.86 bits per heavy atom. The van der Waals surface area contributed by atoms with Crippen molar-refractivity contribution in [1.82, 2.24) is 20.1 Å². The molecule has 2 aromatic heterocycles. The molecular weight excluding hydrogens is 374 g/mol. The summed E-state index contributed by atoms with van der Waals surface area (Å²) in [5.41, 5.74) is 1.78. The van der Waals surface area contributed by atoms with Gasteiger partial charge in [0.15, 0.2) is 5.16 Å². The normalized spacial score (nSPS) is 10.9. The van der Waals surface area contributed by atoms with Gasteiger partial charge < -0.3 is 14.6 Å². The Bertz CT molecular complexity index is 1080. The van der Waals surface area contributed by atoms with E-state index in [2.05, 4.69) is 25.4 Å². The van der Waals surface area contributed by atoms with Crippen LogP contribution in [0.3, 0.4) is 0 Å². The van der Waals surface area contributed by atoms with Gasteiger partial charge in [-0.2, -0.15) is 4.98 Å². The van der Waals surface area contributed by atoms with Gasteiger partial charge in [-0.05, 0) is 43.3 Å². The lowest BCUT2D eigenvalue weighted by Crippen LogP contribution is -2.02. The Hall–Kier alpha value is -3.13. The van der Waals surface area contributed by atoms with Crippen molar-refractivity contribution < 1.29 is 9.26 Å². The van der Waals surface area contributed by atoms with E-state index in [9.17, 15) is 0 Å². The molecule has 0 aliphatic rings. The number of hydrogen-bond acceptors (Lipinski definition) is 8. The second-order valence-corrected chi connectivity index (χ2v) is 6.87. The van der Waals surface area contributed by atoms with Gasteiger partial charge in [-0.15, -0.1) is 0 Å². The molecule has 0 atom stereocenters. The maximum atomic E-state index is 5.38. The second kappa shape index (κ2) is 8.26. The third kappa shape index (κ3) is 3.91. The first kappa shape index (κ1) is 18.2. The largest absolute Gasteiger partial charge is 0.497 e. The highest BCUT2D eigenvalue weighted by Crippen LogP contribution is 2.27. The summed E-state index contributed by atoms with van der Waals surface area (Å²) >= 11 is 1.46. The predicted octanol–water partition coefficient (Wildman–Crippen LogP) is 4.41. The summed E-state index contributed by atoms with van der Waals surface area (Å²) in [6.45, 7) is 2.84. The van der Waals surface area contributed by atoms with E-state index in [1.54, 1.807) is 7.11 Å². The van der Waals surface area contributed by atoms with Crippen molar-refractivity contribution in [3.8, 4) is 17.1 Å². The van der Waals surface area contributed by atoms with E-state index in [0.29, 0.717) is 22.6 Å². The molecule has 0 amide bonds. The average molecular weight is 393 g/mol. The Balaban J connectivity index is 1.51. The zero-order chi connectivity index (χ0) is 19.3. The first-order valence-corrected chi connectivity index (χ1v) is 9.86. The van der Waals surface area contributed by atoms with E-state index >= 15 is 0 Å². The molecule has 0 unspecified atom stereocenters. The Morgan fingerprint density at radius 1 is 1.04 bits per heavy atom. The molecule has 0 fully saturated rings. The van der Waals surface area contributed by atoms with E-state index < -0.39 is 0 Å². The molecular formula is C20H19N5O2S. The molecule has 0 spiro atoms. The van der Waals surface area contributed by atoms with Crippen LogP contribution in [0.5, 0.6) is 5.75 Å². The van der Waals surface area contributed by atoms with Gasteiger partial charge >= 0.3 is 0 Å². The number of aromatic nitrogens is 4. The molecule has 1 N–H and O–H groups in total. The topological polar surface area (TPSA) is 86.0 Å². The Morgan fingerprint density at radius 3 is 2.64 bits per heavy atom. The number of anilines is 1. The lowest BCUT2D eigenvalue weighted by atomic mass is 10.2. The van der Waals surface area contributed by atoms with E-state index in [1.807, 2.05) is 55.5 Å². The summed E-state index contributed by atoms with van der Waals surface area (Å²) in [5.74, 6) is 3.18. The van der Waals surface area contributed by atoms with Crippen LogP contribution >= 0.6 is 11.8 Å². The zero-order valence-electron chi connectivity index (χ0n) is 15.5. The van der Waals surface area contributed by atoms with Gasteiger partial charge in [0.1, 0.15) is 11.6 Å². The number of rotatable bonds is 7. The zero-order valence-corrected chi connectivity index (χ0v) is 16.4. The van der Waals surface area contributed by atoms with E-state index in [1.165, 1.54) is 11.8 Å². The number of benzene rings is 2. The molecule has 2 aromatic carbocycles. The molecule has 0 aliphatic carbocycles. The van der Waals surface area contributed by atoms with Crippen LogP contribution in [-0.4, -0.2) is 33.8 Å². The summed E-state index contributed by atoms with van der Waals surface area (Å²) < 4.78 is 10.5. The molecule has 0 saturated heterocycles. The maximum absolute atomic E-state index is 5.38. The first-order chi connectivity index (χ1) is 13.8. The van der Waals surface area contributed by atoms with Crippen LogP contribution in [-0.2, 0) is 5.75 Å². The molecule has 0 bridgehead atoms. The minimum absolute atomic E-state index is 0.493. The van der Waals surface area contributed by atoms with Crippen LogP contribution in [0.15, 0.2) is 58.2 Å². The standard InChI is InChI=1S/C20H19N5O2S/c1-3-21-19-15-6-4-5-7-16(15)22-20(24-19)28-12-17-23-18(25-27-17)13-8-10-14(26-2)11-9-13/h4-11H,3,12H2,1-2H3,(H,21,22,24). The number of hydrogen-bond donors (Lipinski definition) is 1. The van der Waals surface area contributed by atoms with Crippen LogP contribution in [0.25, 0.3) is 22.3 Å². The van der Waals surface area contributed by atoms with Crippen LogP contribution < -0.4 is 10.1 Å². The minimum Gasteiger partial charge on any atom is -0.497 e. The fraction of sp³-hybridized carbons (Fsp3) is 0.200. The van der Waals surface area contributed by atoms with Crippen LogP contribution in [0.4, 0.5) is 5.82 Å². The fourth-order valence-corrected chi connectivity index (χ4v) is 3.41. The van der Waals surface area contributed by atoms with Gasteiger partial charge in [0.2, 0.25) is 11.7 Å². The van der Waals surface area contributed by atoms with Gasteiger partial charge in [0.05, 0.1) is 18.4 Å². The van der Waals surface area contributed by atoms with Crippen LogP contribution in [0.1, 0.15) is 12.8 Å². The molecule has 0 radical (unpaired) electrons. The third-order valence-corrected chi connectivity index (χ3v) is 4.90. The van der Waals surface area contributed by atoms with Crippen molar-refractivity contribution in [2.45, 2.75) is 17.8 Å². The molecule has 4 aromatic rings. The van der Waals surface area contributed by atoms with Crippen molar-refractivity contribution in [3.05, 3.63) is 54.4 Å². The molecule has 8 heteroatoms. The molecule has 2 heterocycles. The SMILES string of the molecule is CCNc1nc(SCc2nc(-c3ccc(OC)cc3)no2)nc2ccccc12. The summed E-state index contributed by atoms with van der Waals surface area (Å²) in [5, 5.41) is 9.03. The number of nitrogens with zero attached hydrogens (tertiary/aromatic N) is 4. The van der Waals surface area contributed by atoms with Gasteiger partial charge in [-0.25, -0.2) is 9.97 Å². The van der Waals surface area contributed by atoms with Gasteiger partial charge in [-0.1, -0.05) is 29.1 Å². The van der Waals surface area contributed by atoms with Crippen molar-refractivity contribution in [1.29, 1.82) is 0 Å². The van der Waals surface area contributed by atoms with Crippen molar-refractivity contribution in [2.75, 3.05) is 19.0 Å². The van der Waals surface area contributed by atoms with E-state index in [-0.39, 0.29) is 0 Å². The third-order valence-electron chi connectivity index (χ3n) is 4.07. The summed E-state index contributed by atoms with van der Waals surface area (Å²) in [6, 6.07) is 15.5. The highest BCUT2D eigenvalue weighted by molar-refractivity contribution is 7.98. The summed E-state index contributed by atoms with van der Waals surface area (Å²) in [6.07, 6.45) is 0. The molecule has 142 valence electrons. The average Bonchev–Trinajstić information content (AvgIpc) is 3.22. The maximum Gasteiger partial charge on any atom is 0.237 e. The van der Waals surface area contributed by atoms with Gasteiger partial charge in [0.25, 0.3) is 0 Å². The number of fused-ring (bicyclic) bond motifs is 1. The second-order valence-electron chi connectivity index (χ2n) is 5.93. The molecule has 0 saturated carbocycles. The number of para-hydroxylation sites is 1. The fourth-order valence-electron chi connectivity index (χ4n) is 2.72. The summed E-state index contributed by atoms with van der Waals surface area (Å²) in [4.78, 5) is 13.7. The first-order valence-electron chi connectivity index (χ1n) is 8.87. The molecule has 4 rings (SSSR count). The lowest BCUT2D eigenvalue weighted by Gasteiger charge is -2.08. The quantitative estimate of drug-likeness (QED) is 0.365. The molecule has 28 heavy (non-hydrogen) atoms. The minimum atomic E-state index is 0.493. The lowest BCUT2D eigenvalue weighted by molar-refractivity contribution is 0.391. The van der Waals surface area contributed by atoms with Crippen molar-refractivity contribution in [2.24, 2.45) is 0 Å². The molecule has 7 nitrogen and oxygen atoms in total.